The lowest BCUT2D eigenvalue weighted by molar-refractivity contribution is -0.0484. The number of carbonyl (C=O) groups excluding carboxylic acids is 1. The number of aliphatic hydroxyl groups is 1. The molecule has 44 heavy (non-hydrogen) atoms. The molecule has 4 rings (SSSR count). The Balaban J connectivity index is 1.43. The molecule has 0 unspecified atom stereocenters. The zero-order valence-electron chi connectivity index (χ0n) is 27.4. The summed E-state index contributed by atoms with van der Waals surface area (Å²) in [4.78, 5) is 26.3. The summed E-state index contributed by atoms with van der Waals surface area (Å²) >= 11 is 0. The molecule has 3 heterocycles. The van der Waals surface area contributed by atoms with Gasteiger partial charge in [0.25, 0.3) is 11.8 Å². The third-order valence-electron chi connectivity index (χ3n) is 8.94. The fourth-order valence-corrected chi connectivity index (χ4v) is 6.62. The Bertz CT molecular complexity index is 1240. The van der Waals surface area contributed by atoms with E-state index in [9.17, 15) is 14.3 Å². The molecule has 2 aliphatic heterocycles. The van der Waals surface area contributed by atoms with Crippen molar-refractivity contribution in [2.75, 3.05) is 71.5 Å². The smallest absolute Gasteiger partial charge is 0.282 e. The number of aromatic nitrogens is 3. The standard InChI is InChI=1S/C32H50FN7O4/c1-8-40(23(4)5)31(42)26-15-24(33)9-10-28(26)44-30-29(34-21-35-36-30)38-12-11-32(18-38)19-39(20-32)27(22(2)3)16-25(41)17-37(6)13-14-43-7/h9-10,15,21-23,25,27,41H,8,11-14,16-20H2,1-7H3/t25-,27+/m0/s1. The van der Waals surface area contributed by atoms with Gasteiger partial charge in [-0.1, -0.05) is 13.8 Å². The first-order valence-electron chi connectivity index (χ1n) is 15.8. The molecule has 2 aliphatic rings. The normalized spacial score (nSPS) is 17.9. The Morgan fingerprint density at radius 1 is 1.20 bits per heavy atom. The van der Waals surface area contributed by atoms with Gasteiger partial charge < -0.3 is 29.3 Å². The number of likely N-dealkylation sites (N-methyl/N-ethyl adjacent to an activating group) is 1. The number of hydrogen-bond acceptors (Lipinski definition) is 10. The monoisotopic (exact) mass is 615 g/mol. The fraction of sp³-hybridized carbons (Fsp3) is 0.688. The SMILES string of the molecule is CCN(C(=O)c1cc(F)ccc1Oc1nncnc1N1CCC2(C1)CN([C@H](C[C@H](O)CN(C)CCOC)C(C)C)C2)C(C)C. The molecule has 0 bridgehead atoms. The minimum absolute atomic E-state index is 0.0546. The molecule has 2 aromatic rings. The van der Waals surface area contributed by atoms with Gasteiger partial charge in [-0.2, -0.15) is 0 Å². The van der Waals surface area contributed by atoms with Crippen LogP contribution in [0, 0.1) is 17.2 Å². The molecule has 1 N–H and O–H groups in total. The maximum atomic E-state index is 14.3. The van der Waals surface area contributed by atoms with E-state index in [0.29, 0.717) is 37.5 Å². The molecule has 11 nitrogen and oxygen atoms in total. The van der Waals surface area contributed by atoms with Gasteiger partial charge in [-0.05, 0) is 64.8 Å². The highest BCUT2D eigenvalue weighted by atomic mass is 19.1. The molecule has 0 saturated carbocycles. The topological polar surface area (TPSA) is 107 Å². The molecule has 0 aliphatic carbocycles. The van der Waals surface area contributed by atoms with Crippen molar-refractivity contribution in [3.05, 3.63) is 35.9 Å². The van der Waals surface area contributed by atoms with E-state index in [2.05, 4.69) is 43.7 Å². The highest BCUT2D eigenvalue weighted by Gasteiger charge is 2.50. The molecule has 0 radical (unpaired) electrons. The Hall–Kier alpha value is -2.93. The molecule has 1 aromatic carbocycles. The minimum Gasteiger partial charge on any atom is -0.434 e. The number of rotatable bonds is 15. The largest absolute Gasteiger partial charge is 0.434 e. The van der Waals surface area contributed by atoms with Crippen LogP contribution >= 0.6 is 0 Å². The number of halogens is 1. The second kappa shape index (κ2) is 14.9. The van der Waals surface area contributed by atoms with E-state index < -0.39 is 11.9 Å². The average Bonchev–Trinajstić information content (AvgIpc) is 3.41. The zero-order valence-corrected chi connectivity index (χ0v) is 27.4. The number of amides is 1. The summed E-state index contributed by atoms with van der Waals surface area (Å²) in [6, 6.07) is 4.18. The first-order chi connectivity index (χ1) is 21.0. The maximum Gasteiger partial charge on any atom is 0.282 e. The number of ether oxygens (including phenoxy) is 2. The van der Waals surface area contributed by atoms with Gasteiger partial charge in [0.1, 0.15) is 17.9 Å². The van der Waals surface area contributed by atoms with E-state index in [1.807, 2.05) is 27.8 Å². The maximum absolute atomic E-state index is 14.3. The van der Waals surface area contributed by atoms with Crippen molar-refractivity contribution in [3.63, 3.8) is 0 Å². The summed E-state index contributed by atoms with van der Waals surface area (Å²) in [6.45, 7) is 16.2. The molecular formula is C32H50FN7O4. The van der Waals surface area contributed by atoms with E-state index in [4.69, 9.17) is 9.47 Å². The van der Waals surface area contributed by atoms with Crippen LogP contribution in [-0.2, 0) is 4.74 Å². The van der Waals surface area contributed by atoms with Crippen molar-refractivity contribution in [1.29, 1.82) is 0 Å². The summed E-state index contributed by atoms with van der Waals surface area (Å²) in [5, 5.41) is 19.0. The van der Waals surface area contributed by atoms with Crippen LogP contribution in [0.2, 0.25) is 0 Å². The zero-order chi connectivity index (χ0) is 32.0. The van der Waals surface area contributed by atoms with Gasteiger partial charge in [0, 0.05) is 70.4 Å². The van der Waals surface area contributed by atoms with Crippen LogP contribution in [0.15, 0.2) is 24.5 Å². The number of carbonyl (C=O) groups is 1. The fourth-order valence-electron chi connectivity index (χ4n) is 6.62. The molecule has 1 amide bonds. The van der Waals surface area contributed by atoms with Crippen LogP contribution in [0.5, 0.6) is 11.6 Å². The van der Waals surface area contributed by atoms with Crippen LogP contribution in [-0.4, -0.2) is 126 Å². The number of nitrogens with zero attached hydrogens (tertiary/aromatic N) is 7. The molecule has 244 valence electrons. The molecule has 1 spiro atoms. The van der Waals surface area contributed by atoms with E-state index in [1.54, 1.807) is 12.0 Å². The van der Waals surface area contributed by atoms with Crippen molar-refractivity contribution in [2.24, 2.45) is 11.3 Å². The number of benzene rings is 1. The quantitative estimate of drug-likeness (QED) is 0.320. The summed E-state index contributed by atoms with van der Waals surface area (Å²) in [7, 11) is 3.70. The van der Waals surface area contributed by atoms with Gasteiger partial charge in [-0.3, -0.25) is 9.69 Å². The van der Waals surface area contributed by atoms with Crippen molar-refractivity contribution >= 4 is 11.7 Å². The van der Waals surface area contributed by atoms with Gasteiger partial charge >= 0.3 is 0 Å². The number of methoxy groups -OCH3 is 1. The highest BCUT2D eigenvalue weighted by molar-refractivity contribution is 5.97. The second-order valence-corrected chi connectivity index (χ2v) is 13.0. The van der Waals surface area contributed by atoms with Gasteiger partial charge in [0.05, 0.1) is 18.3 Å². The van der Waals surface area contributed by atoms with Crippen LogP contribution in [0.3, 0.4) is 0 Å². The van der Waals surface area contributed by atoms with Crippen LogP contribution in [0.1, 0.15) is 57.8 Å². The van der Waals surface area contributed by atoms with Gasteiger partial charge in [0.15, 0.2) is 5.82 Å². The lowest BCUT2D eigenvalue weighted by Crippen LogP contribution is -2.62. The van der Waals surface area contributed by atoms with Crippen molar-refractivity contribution in [1.82, 2.24) is 29.9 Å². The van der Waals surface area contributed by atoms with Crippen LogP contribution < -0.4 is 9.64 Å². The van der Waals surface area contributed by atoms with Gasteiger partial charge in [0.2, 0.25) is 0 Å². The first-order valence-corrected chi connectivity index (χ1v) is 15.8. The van der Waals surface area contributed by atoms with Gasteiger partial charge in [-0.15, -0.1) is 10.2 Å². The highest BCUT2D eigenvalue weighted by Crippen LogP contribution is 2.44. The average molecular weight is 616 g/mol. The predicted octanol–water partition coefficient (Wildman–Crippen LogP) is 3.54. The lowest BCUT2D eigenvalue weighted by Gasteiger charge is -2.53. The molecule has 2 atom stereocenters. The van der Waals surface area contributed by atoms with E-state index in [0.717, 1.165) is 45.6 Å². The summed E-state index contributed by atoms with van der Waals surface area (Å²) in [5.41, 5.74) is 0.252. The summed E-state index contributed by atoms with van der Waals surface area (Å²) < 4.78 is 25.6. The first kappa shape index (κ1) is 34.0. The second-order valence-electron chi connectivity index (χ2n) is 13.0. The number of anilines is 1. The third-order valence-corrected chi connectivity index (χ3v) is 8.94. The molecule has 12 heteroatoms. The minimum atomic E-state index is -0.514. The van der Waals surface area contributed by atoms with Crippen LogP contribution in [0.4, 0.5) is 10.2 Å². The number of aliphatic hydroxyl groups excluding tert-OH is 1. The number of hydrogen-bond donors (Lipinski definition) is 1. The van der Waals surface area contributed by atoms with E-state index in [-0.39, 0.29) is 34.6 Å². The van der Waals surface area contributed by atoms with Crippen molar-refractivity contribution in [2.45, 2.75) is 65.6 Å². The van der Waals surface area contributed by atoms with Gasteiger partial charge in [-0.25, -0.2) is 9.37 Å². The van der Waals surface area contributed by atoms with E-state index in [1.165, 1.54) is 24.5 Å². The molecule has 2 saturated heterocycles. The Kier molecular flexibility index (Phi) is 11.5. The van der Waals surface area contributed by atoms with E-state index >= 15 is 0 Å². The molecular weight excluding hydrogens is 565 g/mol. The Morgan fingerprint density at radius 3 is 2.61 bits per heavy atom. The van der Waals surface area contributed by atoms with Crippen molar-refractivity contribution in [3.8, 4) is 11.6 Å². The summed E-state index contributed by atoms with van der Waals surface area (Å²) in [5.74, 6) is 0.561. The number of likely N-dealkylation sites (tertiary alicyclic amines) is 1. The van der Waals surface area contributed by atoms with Crippen LogP contribution in [0.25, 0.3) is 0 Å². The lowest BCUT2D eigenvalue weighted by atomic mass is 9.76. The summed E-state index contributed by atoms with van der Waals surface area (Å²) in [6.07, 6.45) is 2.73. The molecule has 1 aromatic heterocycles. The third kappa shape index (κ3) is 8.01. The Labute approximate surface area is 261 Å². The Morgan fingerprint density at radius 2 is 1.95 bits per heavy atom. The van der Waals surface area contributed by atoms with Crippen molar-refractivity contribution < 1.29 is 23.8 Å². The molecule has 2 fully saturated rings. The predicted molar refractivity (Wildman–Crippen MR) is 168 cm³/mol.